The SMILES string of the molecule is CCCN(CCCCCN)CC(F)(F)F. The fraction of sp³-hybridized carbons (Fsp3) is 1.00. The van der Waals surface area contributed by atoms with Gasteiger partial charge in [-0.1, -0.05) is 13.3 Å². The highest BCUT2D eigenvalue weighted by Crippen LogP contribution is 2.17. The number of rotatable bonds is 8. The Labute approximate surface area is 89.6 Å². The molecule has 2 nitrogen and oxygen atoms in total. The van der Waals surface area contributed by atoms with Gasteiger partial charge < -0.3 is 5.73 Å². The average Bonchev–Trinajstić information content (AvgIpc) is 2.10. The van der Waals surface area contributed by atoms with Crippen LogP contribution >= 0.6 is 0 Å². The minimum Gasteiger partial charge on any atom is -0.330 e. The second-order valence-electron chi connectivity index (χ2n) is 3.74. The van der Waals surface area contributed by atoms with Gasteiger partial charge in [0.05, 0.1) is 6.54 Å². The van der Waals surface area contributed by atoms with Gasteiger partial charge >= 0.3 is 6.18 Å². The Balaban J connectivity index is 3.73. The first kappa shape index (κ1) is 14.7. The van der Waals surface area contributed by atoms with Gasteiger partial charge in [-0.3, -0.25) is 4.90 Å². The molecule has 0 rings (SSSR count). The molecule has 0 heterocycles. The number of hydrogen-bond acceptors (Lipinski definition) is 2. The highest BCUT2D eigenvalue weighted by atomic mass is 19.4. The van der Waals surface area contributed by atoms with Crippen molar-refractivity contribution in [1.29, 1.82) is 0 Å². The molecule has 0 aromatic carbocycles. The predicted molar refractivity (Wildman–Crippen MR) is 55.7 cm³/mol. The number of halogens is 3. The third-order valence-corrected chi connectivity index (χ3v) is 2.12. The number of unbranched alkanes of at least 4 members (excludes halogenated alkanes) is 2. The number of nitrogens with two attached hydrogens (primary N) is 1. The fourth-order valence-corrected chi connectivity index (χ4v) is 1.50. The highest BCUT2D eigenvalue weighted by molar-refractivity contribution is 4.63. The van der Waals surface area contributed by atoms with Crippen LogP contribution < -0.4 is 5.73 Å². The normalized spacial score (nSPS) is 12.4. The van der Waals surface area contributed by atoms with E-state index >= 15 is 0 Å². The molecule has 0 aliphatic carbocycles. The average molecular weight is 226 g/mol. The highest BCUT2D eigenvalue weighted by Gasteiger charge is 2.29. The van der Waals surface area contributed by atoms with Gasteiger partial charge in [-0.05, 0) is 38.9 Å². The van der Waals surface area contributed by atoms with Crippen LogP contribution in [0.25, 0.3) is 0 Å². The Morgan fingerprint density at radius 3 is 2.20 bits per heavy atom. The van der Waals surface area contributed by atoms with Crippen LogP contribution in [0.2, 0.25) is 0 Å². The Kier molecular flexibility index (Phi) is 7.78. The summed E-state index contributed by atoms with van der Waals surface area (Å²) in [5.74, 6) is 0. The minimum absolute atomic E-state index is 0.516. The van der Waals surface area contributed by atoms with Crippen LogP contribution in [-0.4, -0.2) is 37.3 Å². The maximum absolute atomic E-state index is 12.1. The summed E-state index contributed by atoms with van der Waals surface area (Å²) in [4.78, 5) is 1.47. The van der Waals surface area contributed by atoms with Crippen molar-refractivity contribution in [3.8, 4) is 0 Å². The zero-order chi connectivity index (χ0) is 11.7. The third-order valence-electron chi connectivity index (χ3n) is 2.12. The van der Waals surface area contributed by atoms with Crippen LogP contribution in [-0.2, 0) is 0 Å². The van der Waals surface area contributed by atoms with Crippen LogP contribution in [0.1, 0.15) is 32.6 Å². The third kappa shape index (κ3) is 10.0. The van der Waals surface area contributed by atoms with E-state index in [-0.39, 0.29) is 0 Å². The van der Waals surface area contributed by atoms with Crippen molar-refractivity contribution in [3.63, 3.8) is 0 Å². The van der Waals surface area contributed by atoms with Gasteiger partial charge in [-0.25, -0.2) is 0 Å². The van der Waals surface area contributed by atoms with E-state index < -0.39 is 12.7 Å². The molecule has 2 N–H and O–H groups in total. The van der Waals surface area contributed by atoms with Gasteiger partial charge in [0.25, 0.3) is 0 Å². The molecule has 0 radical (unpaired) electrons. The van der Waals surface area contributed by atoms with E-state index in [0.717, 1.165) is 25.7 Å². The van der Waals surface area contributed by atoms with Crippen LogP contribution in [0, 0.1) is 0 Å². The molecule has 92 valence electrons. The lowest BCUT2D eigenvalue weighted by atomic mass is 10.2. The fourth-order valence-electron chi connectivity index (χ4n) is 1.50. The first-order valence-corrected chi connectivity index (χ1v) is 5.48. The smallest absolute Gasteiger partial charge is 0.330 e. The molecule has 0 spiro atoms. The maximum atomic E-state index is 12.1. The largest absolute Gasteiger partial charge is 0.401 e. The second kappa shape index (κ2) is 7.93. The lowest BCUT2D eigenvalue weighted by Crippen LogP contribution is -2.35. The Hall–Kier alpha value is -0.290. The number of alkyl halides is 3. The summed E-state index contributed by atoms with van der Waals surface area (Å²) in [6, 6.07) is 0. The van der Waals surface area contributed by atoms with E-state index in [1.165, 1.54) is 4.90 Å². The molecule has 0 atom stereocenters. The molecule has 5 heteroatoms. The summed E-state index contributed by atoms with van der Waals surface area (Å²) in [5, 5.41) is 0. The summed E-state index contributed by atoms with van der Waals surface area (Å²) in [5.41, 5.74) is 5.31. The van der Waals surface area contributed by atoms with E-state index in [1.807, 2.05) is 6.92 Å². The Morgan fingerprint density at radius 1 is 1.07 bits per heavy atom. The molecule has 0 saturated heterocycles. The van der Waals surface area contributed by atoms with Crippen molar-refractivity contribution in [2.75, 3.05) is 26.2 Å². The molecule has 0 aromatic heterocycles. The summed E-state index contributed by atoms with van der Waals surface area (Å²) in [6.07, 6.45) is -0.718. The van der Waals surface area contributed by atoms with Crippen molar-refractivity contribution in [1.82, 2.24) is 4.90 Å². The molecule has 15 heavy (non-hydrogen) atoms. The molecule has 0 aliphatic heterocycles. The molecule has 0 aromatic rings. The first-order valence-electron chi connectivity index (χ1n) is 5.48. The van der Waals surface area contributed by atoms with E-state index in [0.29, 0.717) is 19.6 Å². The van der Waals surface area contributed by atoms with Crippen LogP contribution in [0.15, 0.2) is 0 Å². The molecular formula is C10H21F3N2. The molecule has 0 aliphatic rings. The molecule has 0 amide bonds. The molecular weight excluding hydrogens is 205 g/mol. The van der Waals surface area contributed by atoms with Crippen molar-refractivity contribution in [2.45, 2.75) is 38.8 Å². The molecule has 0 fully saturated rings. The van der Waals surface area contributed by atoms with Crippen molar-refractivity contribution in [3.05, 3.63) is 0 Å². The van der Waals surface area contributed by atoms with Gasteiger partial charge in [0, 0.05) is 0 Å². The quantitative estimate of drug-likeness (QED) is 0.644. The number of nitrogens with zero attached hydrogens (tertiary/aromatic N) is 1. The minimum atomic E-state index is -4.08. The van der Waals surface area contributed by atoms with Gasteiger partial charge in [-0.2, -0.15) is 13.2 Å². The Bertz CT molecular complexity index is 148. The summed E-state index contributed by atoms with van der Waals surface area (Å²) in [6.45, 7) is 2.76. The van der Waals surface area contributed by atoms with Gasteiger partial charge in [0.2, 0.25) is 0 Å². The topological polar surface area (TPSA) is 29.3 Å². The van der Waals surface area contributed by atoms with E-state index in [4.69, 9.17) is 5.73 Å². The van der Waals surface area contributed by atoms with Crippen LogP contribution in [0.4, 0.5) is 13.2 Å². The zero-order valence-corrected chi connectivity index (χ0v) is 9.32. The van der Waals surface area contributed by atoms with Crippen molar-refractivity contribution < 1.29 is 13.2 Å². The monoisotopic (exact) mass is 226 g/mol. The standard InChI is InChI=1S/C10H21F3N2/c1-2-7-15(9-10(11,12)13)8-5-3-4-6-14/h2-9,14H2,1H3. The molecule has 0 bridgehead atoms. The first-order chi connectivity index (χ1) is 6.99. The molecule has 0 saturated carbocycles. The lowest BCUT2D eigenvalue weighted by molar-refractivity contribution is -0.146. The van der Waals surface area contributed by atoms with Gasteiger partial charge in [0.15, 0.2) is 0 Å². The second-order valence-corrected chi connectivity index (χ2v) is 3.74. The summed E-state index contributed by atoms with van der Waals surface area (Å²) in [7, 11) is 0. The number of hydrogen-bond donors (Lipinski definition) is 1. The van der Waals surface area contributed by atoms with E-state index in [1.54, 1.807) is 0 Å². The Morgan fingerprint density at radius 2 is 1.73 bits per heavy atom. The lowest BCUT2D eigenvalue weighted by Gasteiger charge is -2.22. The zero-order valence-electron chi connectivity index (χ0n) is 9.32. The summed E-state index contributed by atoms with van der Waals surface area (Å²) < 4.78 is 36.4. The van der Waals surface area contributed by atoms with Crippen molar-refractivity contribution >= 4 is 0 Å². The van der Waals surface area contributed by atoms with Gasteiger partial charge in [0.1, 0.15) is 0 Å². The van der Waals surface area contributed by atoms with E-state index in [2.05, 4.69) is 0 Å². The van der Waals surface area contributed by atoms with Crippen molar-refractivity contribution in [2.24, 2.45) is 5.73 Å². The van der Waals surface area contributed by atoms with Crippen LogP contribution in [0.5, 0.6) is 0 Å². The maximum Gasteiger partial charge on any atom is 0.401 e. The molecule has 0 unspecified atom stereocenters. The van der Waals surface area contributed by atoms with Crippen LogP contribution in [0.3, 0.4) is 0 Å². The summed E-state index contributed by atoms with van der Waals surface area (Å²) >= 11 is 0. The predicted octanol–water partition coefficient (Wildman–Crippen LogP) is 2.39. The van der Waals surface area contributed by atoms with E-state index in [9.17, 15) is 13.2 Å². The van der Waals surface area contributed by atoms with Gasteiger partial charge in [-0.15, -0.1) is 0 Å².